The second kappa shape index (κ2) is 3.88. The number of rotatable bonds is 4. The molecular weight excluding hydrogens is 164 g/mol. The van der Waals surface area contributed by atoms with Gasteiger partial charge in [-0.15, -0.1) is 0 Å². The zero-order valence-electron chi connectivity index (χ0n) is 6.30. The fourth-order valence-corrected chi connectivity index (χ4v) is 3.06. The Kier molecular flexibility index (Phi) is 3.40. The molecule has 1 N–H and O–H groups in total. The van der Waals surface area contributed by atoms with Crippen LogP contribution in [0.1, 0.15) is 19.3 Å². The van der Waals surface area contributed by atoms with Crippen molar-refractivity contribution in [2.24, 2.45) is 5.41 Å². The molecule has 0 radical (unpaired) electrons. The first kappa shape index (κ1) is 8.75. The van der Waals surface area contributed by atoms with E-state index in [0.29, 0.717) is 12.0 Å². The summed E-state index contributed by atoms with van der Waals surface area (Å²) in [6.07, 6.45) is 5.87. The van der Waals surface area contributed by atoms with Gasteiger partial charge in [0.2, 0.25) is 0 Å². The number of hydrogen-bond donors (Lipinski definition) is 1. The van der Waals surface area contributed by atoms with E-state index in [1.807, 2.05) is 10.8 Å². The maximum atomic E-state index is 9.04. The number of aliphatic hydroxyl groups is 1. The van der Waals surface area contributed by atoms with Crippen molar-refractivity contribution in [2.45, 2.75) is 19.3 Å². The fourth-order valence-electron chi connectivity index (χ4n) is 1.21. The first-order chi connectivity index (χ1) is 4.83. The highest BCUT2D eigenvalue weighted by molar-refractivity contribution is 8.76. The molecule has 0 aliphatic heterocycles. The van der Waals surface area contributed by atoms with Crippen LogP contribution < -0.4 is 0 Å². The molecule has 3 heteroatoms. The highest BCUT2D eigenvalue weighted by atomic mass is 33.1. The first-order valence-electron chi connectivity index (χ1n) is 3.59. The number of aliphatic hydroxyl groups excluding tert-OH is 1. The molecule has 1 aliphatic carbocycles. The van der Waals surface area contributed by atoms with Crippen LogP contribution in [0.4, 0.5) is 0 Å². The third kappa shape index (κ3) is 1.83. The van der Waals surface area contributed by atoms with Crippen LogP contribution in [0.3, 0.4) is 0 Å². The van der Waals surface area contributed by atoms with E-state index in [1.54, 1.807) is 10.8 Å². The molecule has 0 bridgehead atoms. The summed E-state index contributed by atoms with van der Waals surface area (Å²) in [7, 11) is 3.67. The lowest BCUT2D eigenvalue weighted by Gasteiger charge is -2.39. The van der Waals surface area contributed by atoms with E-state index in [2.05, 4.69) is 6.26 Å². The van der Waals surface area contributed by atoms with E-state index in [-0.39, 0.29) is 0 Å². The average molecular weight is 178 g/mol. The van der Waals surface area contributed by atoms with Crippen LogP contribution in [0.15, 0.2) is 0 Å². The largest absolute Gasteiger partial charge is 0.396 e. The zero-order valence-corrected chi connectivity index (χ0v) is 7.93. The summed E-state index contributed by atoms with van der Waals surface area (Å²) in [6.45, 7) is 0.389. The smallest absolute Gasteiger partial charge is 0.0495 e. The Morgan fingerprint density at radius 1 is 1.50 bits per heavy atom. The fraction of sp³-hybridized carbons (Fsp3) is 1.00. The van der Waals surface area contributed by atoms with Gasteiger partial charge in [-0.05, 0) is 19.1 Å². The van der Waals surface area contributed by atoms with Crippen LogP contribution in [-0.4, -0.2) is 23.7 Å². The van der Waals surface area contributed by atoms with E-state index >= 15 is 0 Å². The summed E-state index contributed by atoms with van der Waals surface area (Å²) < 4.78 is 0. The van der Waals surface area contributed by atoms with Gasteiger partial charge >= 0.3 is 0 Å². The van der Waals surface area contributed by atoms with Gasteiger partial charge in [0.25, 0.3) is 0 Å². The summed E-state index contributed by atoms with van der Waals surface area (Å²) in [5.41, 5.74) is 0.313. The van der Waals surface area contributed by atoms with Crippen LogP contribution in [0.2, 0.25) is 0 Å². The Hall–Kier alpha value is 0.660. The predicted octanol–water partition coefficient (Wildman–Crippen LogP) is 2.16. The molecule has 0 amide bonds. The van der Waals surface area contributed by atoms with Gasteiger partial charge in [0.15, 0.2) is 0 Å². The van der Waals surface area contributed by atoms with Gasteiger partial charge in [-0.2, -0.15) is 0 Å². The SMILES string of the molecule is CSSCC1(CO)CCC1. The van der Waals surface area contributed by atoms with Gasteiger partial charge in [-0.1, -0.05) is 28.0 Å². The van der Waals surface area contributed by atoms with Crippen LogP contribution in [0, 0.1) is 5.41 Å². The van der Waals surface area contributed by atoms with E-state index in [9.17, 15) is 0 Å². The lowest BCUT2D eigenvalue weighted by Crippen LogP contribution is -2.35. The summed E-state index contributed by atoms with van der Waals surface area (Å²) >= 11 is 0. The van der Waals surface area contributed by atoms with Crippen molar-refractivity contribution >= 4 is 21.6 Å². The van der Waals surface area contributed by atoms with Gasteiger partial charge in [0, 0.05) is 17.8 Å². The van der Waals surface area contributed by atoms with Crippen molar-refractivity contribution < 1.29 is 5.11 Å². The highest BCUT2D eigenvalue weighted by Crippen LogP contribution is 2.44. The highest BCUT2D eigenvalue weighted by Gasteiger charge is 2.35. The van der Waals surface area contributed by atoms with Crippen molar-refractivity contribution in [3.63, 3.8) is 0 Å². The van der Waals surface area contributed by atoms with Crippen molar-refractivity contribution in [3.05, 3.63) is 0 Å². The van der Waals surface area contributed by atoms with Gasteiger partial charge in [-0.25, -0.2) is 0 Å². The van der Waals surface area contributed by atoms with Crippen LogP contribution >= 0.6 is 21.6 Å². The minimum atomic E-state index is 0.313. The van der Waals surface area contributed by atoms with Crippen molar-refractivity contribution in [2.75, 3.05) is 18.6 Å². The summed E-state index contributed by atoms with van der Waals surface area (Å²) in [6, 6.07) is 0. The molecule has 1 nitrogen and oxygen atoms in total. The maximum absolute atomic E-state index is 9.04. The minimum absolute atomic E-state index is 0.313. The Balaban J connectivity index is 2.20. The standard InChI is InChI=1S/C7H14OS2/c1-9-10-6-7(5-8)3-2-4-7/h8H,2-6H2,1H3. The third-order valence-corrected chi connectivity index (χ3v) is 4.26. The Morgan fingerprint density at radius 3 is 2.50 bits per heavy atom. The normalized spacial score (nSPS) is 22.2. The van der Waals surface area contributed by atoms with Crippen molar-refractivity contribution in [1.29, 1.82) is 0 Å². The Labute approximate surface area is 70.4 Å². The van der Waals surface area contributed by atoms with Crippen LogP contribution in [0.25, 0.3) is 0 Å². The molecule has 0 aromatic carbocycles. The summed E-state index contributed by atoms with van der Waals surface area (Å²) in [5, 5.41) is 9.04. The molecule has 0 spiro atoms. The third-order valence-electron chi connectivity index (χ3n) is 2.23. The van der Waals surface area contributed by atoms with E-state index in [0.717, 1.165) is 5.75 Å². The molecular formula is C7H14OS2. The molecule has 0 heterocycles. The van der Waals surface area contributed by atoms with Crippen molar-refractivity contribution in [1.82, 2.24) is 0 Å². The lowest BCUT2D eigenvalue weighted by atomic mass is 9.71. The van der Waals surface area contributed by atoms with Crippen molar-refractivity contribution in [3.8, 4) is 0 Å². The molecule has 0 aromatic rings. The van der Waals surface area contributed by atoms with Crippen LogP contribution in [-0.2, 0) is 0 Å². The first-order valence-corrected chi connectivity index (χ1v) is 6.32. The Morgan fingerprint density at radius 2 is 2.20 bits per heavy atom. The molecule has 10 heavy (non-hydrogen) atoms. The molecule has 0 aromatic heterocycles. The molecule has 1 rings (SSSR count). The monoisotopic (exact) mass is 178 g/mol. The van der Waals surface area contributed by atoms with Gasteiger partial charge < -0.3 is 5.11 Å². The number of hydrogen-bond acceptors (Lipinski definition) is 3. The minimum Gasteiger partial charge on any atom is -0.396 e. The van der Waals surface area contributed by atoms with Gasteiger partial charge in [-0.3, -0.25) is 0 Å². The Bertz CT molecular complexity index is 96.3. The van der Waals surface area contributed by atoms with E-state index in [1.165, 1.54) is 19.3 Å². The quantitative estimate of drug-likeness (QED) is 0.666. The topological polar surface area (TPSA) is 20.2 Å². The van der Waals surface area contributed by atoms with E-state index < -0.39 is 0 Å². The lowest BCUT2D eigenvalue weighted by molar-refractivity contribution is 0.0688. The van der Waals surface area contributed by atoms with Gasteiger partial charge in [0.1, 0.15) is 0 Å². The average Bonchev–Trinajstić information content (AvgIpc) is 1.87. The summed E-state index contributed by atoms with van der Waals surface area (Å²) in [4.78, 5) is 0. The van der Waals surface area contributed by atoms with E-state index in [4.69, 9.17) is 5.11 Å². The second-order valence-electron chi connectivity index (χ2n) is 2.94. The second-order valence-corrected chi connectivity index (χ2v) is 5.51. The predicted molar refractivity (Wildman–Crippen MR) is 49.3 cm³/mol. The maximum Gasteiger partial charge on any atom is 0.0495 e. The van der Waals surface area contributed by atoms with Gasteiger partial charge in [0.05, 0.1) is 0 Å². The molecule has 1 fully saturated rings. The molecule has 0 saturated heterocycles. The summed E-state index contributed by atoms with van der Waals surface area (Å²) in [5.74, 6) is 1.13. The molecule has 0 atom stereocenters. The van der Waals surface area contributed by atoms with Crippen LogP contribution in [0.5, 0.6) is 0 Å². The molecule has 1 aliphatic rings. The molecule has 60 valence electrons. The zero-order chi connectivity index (χ0) is 7.45. The molecule has 1 saturated carbocycles. The molecule has 0 unspecified atom stereocenters.